The molecule has 4 rings (SSSR count). The van der Waals surface area contributed by atoms with Crippen LogP contribution in [-0.2, 0) is 11.2 Å². The number of aromatic amines is 1. The van der Waals surface area contributed by atoms with E-state index in [0.29, 0.717) is 12.0 Å². The van der Waals surface area contributed by atoms with Crippen LogP contribution in [0, 0.1) is 5.41 Å². The lowest BCUT2D eigenvalue weighted by molar-refractivity contribution is -0.133. The smallest absolute Gasteiger partial charge is 0.224 e. The summed E-state index contributed by atoms with van der Waals surface area (Å²) in [6.45, 7) is 2.93. The van der Waals surface area contributed by atoms with Gasteiger partial charge in [0.15, 0.2) is 0 Å². The number of carbonyl (C=O) groups is 1. The number of H-pyrrole nitrogens is 1. The van der Waals surface area contributed by atoms with Gasteiger partial charge < -0.3 is 15.6 Å². The summed E-state index contributed by atoms with van der Waals surface area (Å²) in [5.41, 5.74) is 9.50. The molecule has 3 N–H and O–H groups in total. The van der Waals surface area contributed by atoms with Crippen LogP contribution in [0.5, 0.6) is 0 Å². The Labute approximate surface area is 137 Å². The fourth-order valence-corrected chi connectivity index (χ4v) is 5.08. The molecule has 122 valence electrons. The predicted molar refractivity (Wildman–Crippen MR) is 92.3 cm³/mol. The molecule has 4 nitrogen and oxygen atoms in total. The number of likely N-dealkylation sites (N-methyl/N-ethyl adjacent to an activating group) is 1. The molecule has 1 saturated heterocycles. The van der Waals surface area contributed by atoms with Crippen LogP contribution in [-0.4, -0.2) is 35.4 Å². The standard InChI is InChI=1S/C19H25N3O/c1-3-7-19(18(20)23)9-14-13-5-4-6-15-17(13)12(10-21-15)8-16(14)22(2)11-19/h4-6,10,14,16,21H,3,7-9,11H2,1-2H3,(H2,20,23)/t14-,16-,19?/m1/s1. The van der Waals surface area contributed by atoms with Crippen molar-refractivity contribution in [2.75, 3.05) is 13.6 Å². The number of nitrogens with zero attached hydrogens (tertiary/aromatic N) is 1. The molecule has 1 amide bonds. The Morgan fingerprint density at radius 2 is 2.30 bits per heavy atom. The highest BCUT2D eigenvalue weighted by atomic mass is 16.1. The van der Waals surface area contributed by atoms with Gasteiger partial charge in [-0.25, -0.2) is 0 Å². The molecule has 1 aromatic heterocycles. The fraction of sp³-hybridized carbons (Fsp3) is 0.526. The number of nitrogens with one attached hydrogen (secondary N) is 1. The van der Waals surface area contributed by atoms with Crippen LogP contribution in [0.2, 0.25) is 0 Å². The Balaban J connectivity index is 1.83. The first-order chi connectivity index (χ1) is 11.1. The Bertz CT molecular complexity index is 765. The van der Waals surface area contributed by atoms with Crippen LogP contribution in [0.1, 0.15) is 43.2 Å². The van der Waals surface area contributed by atoms with E-state index >= 15 is 0 Å². The van der Waals surface area contributed by atoms with E-state index in [2.05, 4.69) is 48.3 Å². The van der Waals surface area contributed by atoms with Gasteiger partial charge >= 0.3 is 0 Å². The van der Waals surface area contributed by atoms with Gasteiger partial charge in [-0.1, -0.05) is 25.5 Å². The van der Waals surface area contributed by atoms with E-state index in [1.807, 2.05) is 0 Å². The van der Waals surface area contributed by atoms with Gasteiger partial charge in [0.1, 0.15) is 0 Å². The van der Waals surface area contributed by atoms with Crippen LogP contribution in [0.15, 0.2) is 24.4 Å². The zero-order valence-corrected chi connectivity index (χ0v) is 13.9. The monoisotopic (exact) mass is 311 g/mol. The number of carbonyl (C=O) groups excluding carboxylic acids is 1. The number of aromatic nitrogens is 1. The summed E-state index contributed by atoms with van der Waals surface area (Å²) in [7, 11) is 2.15. The van der Waals surface area contributed by atoms with Gasteiger partial charge in [0, 0.05) is 35.6 Å². The van der Waals surface area contributed by atoms with E-state index in [9.17, 15) is 4.79 Å². The third kappa shape index (κ3) is 2.04. The molecule has 2 aromatic rings. The molecule has 1 aliphatic heterocycles. The maximum atomic E-state index is 12.3. The minimum absolute atomic E-state index is 0.128. The quantitative estimate of drug-likeness (QED) is 0.915. The molecule has 1 unspecified atom stereocenters. The summed E-state index contributed by atoms with van der Waals surface area (Å²) in [6.07, 6.45) is 5.97. The Hall–Kier alpha value is -1.81. The van der Waals surface area contributed by atoms with Crippen molar-refractivity contribution in [1.82, 2.24) is 9.88 Å². The summed E-state index contributed by atoms with van der Waals surface area (Å²) >= 11 is 0. The molecule has 1 aliphatic carbocycles. The second-order valence-corrected chi connectivity index (χ2v) is 7.48. The highest BCUT2D eigenvalue weighted by Gasteiger charge is 2.48. The summed E-state index contributed by atoms with van der Waals surface area (Å²) in [6, 6.07) is 6.98. The minimum atomic E-state index is -0.388. The zero-order chi connectivity index (χ0) is 16.2. The van der Waals surface area contributed by atoms with Crippen LogP contribution < -0.4 is 5.73 Å². The topological polar surface area (TPSA) is 62.1 Å². The number of nitrogens with two attached hydrogens (primary N) is 1. The van der Waals surface area contributed by atoms with E-state index in [-0.39, 0.29) is 11.3 Å². The molecule has 4 heteroatoms. The first-order valence-corrected chi connectivity index (χ1v) is 8.65. The lowest BCUT2D eigenvalue weighted by Gasteiger charge is -2.50. The Kier molecular flexibility index (Phi) is 3.27. The predicted octanol–water partition coefficient (Wildman–Crippen LogP) is 2.78. The number of benzene rings is 1. The van der Waals surface area contributed by atoms with Crippen LogP contribution in [0.25, 0.3) is 10.9 Å². The maximum Gasteiger partial charge on any atom is 0.224 e. The highest BCUT2D eigenvalue weighted by molar-refractivity contribution is 5.89. The first-order valence-electron chi connectivity index (χ1n) is 8.65. The molecule has 3 atom stereocenters. The number of fused-ring (bicyclic) bond motifs is 2. The van der Waals surface area contributed by atoms with Gasteiger partial charge in [-0.3, -0.25) is 4.79 Å². The molecule has 2 heterocycles. The average Bonchev–Trinajstić information content (AvgIpc) is 2.93. The number of likely N-dealkylation sites (tertiary alicyclic amines) is 1. The van der Waals surface area contributed by atoms with Crippen LogP contribution in [0.3, 0.4) is 0 Å². The fourth-order valence-electron chi connectivity index (χ4n) is 5.08. The normalized spacial score (nSPS) is 30.3. The van der Waals surface area contributed by atoms with Crippen molar-refractivity contribution in [3.05, 3.63) is 35.5 Å². The first kappa shape index (κ1) is 14.8. The summed E-state index contributed by atoms with van der Waals surface area (Å²) in [5, 5.41) is 1.37. The van der Waals surface area contributed by atoms with E-state index in [0.717, 1.165) is 32.2 Å². The number of hydrogen-bond donors (Lipinski definition) is 2. The molecule has 1 fully saturated rings. The van der Waals surface area contributed by atoms with Crippen molar-refractivity contribution in [3.8, 4) is 0 Å². The SMILES string of the molecule is CCCC1(C(N)=O)C[C@@H]2c3cccc4[nH]cc(c34)C[C@H]2N(C)C1. The number of primary amides is 1. The van der Waals surface area contributed by atoms with Crippen molar-refractivity contribution >= 4 is 16.8 Å². The average molecular weight is 311 g/mol. The second kappa shape index (κ2) is 5.10. The van der Waals surface area contributed by atoms with Gasteiger partial charge in [0.05, 0.1) is 5.41 Å². The molecule has 1 aromatic carbocycles. The van der Waals surface area contributed by atoms with Crippen molar-refractivity contribution in [3.63, 3.8) is 0 Å². The number of amides is 1. The molecule has 0 bridgehead atoms. The molecule has 0 spiro atoms. The minimum Gasteiger partial charge on any atom is -0.369 e. The van der Waals surface area contributed by atoms with Crippen LogP contribution in [0.4, 0.5) is 0 Å². The Morgan fingerprint density at radius 3 is 3.04 bits per heavy atom. The molecule has 23 heavy (non-hydrogen) atoms. The third-order valence-electron chi connectivity index (χ3n) is 6.09. The van der Waals surface area contributed by atoms with Gasteiger partial charge in [0.25, 0.3) is 0 Å². The molecule has 0 radical (unpaired) electrons. The summed E-state index contributed by atoms with van der Waals surface area (Å²) in [4.78, 5) is 18.1. The van der Waals surface area contributed by atoms with Crippen molar-refractivity contribution in [2.24, 2.45) is 11.1 Å². The van der Waals surface area contributed by atoms with Gasteiger partial charge in [-0.05, 0) is 43.5 Å². The number of rotatable bonds is 3. The molecule has 0 saturated carbocycles. The third-order valence-corrected chi connectivity index (χ3v) is 6.09. The second-order valence-electron chi connectivity index (χ2n) is 7.48. The van der Waals surface area contributed by atoms with Gasteiger partial charge in [-0.15, -0.1) is 0 Å². The maximum absolute atomic E-state index is 12.3. The van der Waals surface area contributed by atoms with E-state index in [1.165, 1.54) is 22.0 Å². The lowest BCUT2D eigenvalue weighted by Crippen LogP contribution is -2.56. The van der Waals surface area contributed by atoms with E-state index in [4.69, 9.17) is 5.73 Å². The van der Waals surface area contributed by atoms with Crippen molar-refractivity contribution in [2.45, 2.75) is 44.6 Å². The molecular weight excluding hydrogens is 286 g/mol. The summed E-state index contributed by atoms with van der Waals surface area (Å²) in [5.74, 6) is 0.261. The van der Waals surface area contributed by atoms with Crippen LogP contribution >= 0.6 is 0 Å². The van der Waals surface area contributed by atoms with E-state index in [1.54, 1.807) is 0 Å². The number of piperidine rings is 1. The van der Waals surface area contributed by atoms with E-state index < -0.39 is 0 Å². The largest absolute Gasteiger partial charge is 0.369 e. The van der Waals surface area contributed by atoms with Gasteiger partial charge in [-0.2, -0.15) is 0 Å². The Morgan fingerprint density at radius 1 is 1.48 bits per heavy atom. The number of hydrogen-bond acceptors (Lipinski definition) is 2. The molecule has 2 aliphatic rings. The summed E-state index contributed by atoms with van der Waals surface area (Å²) < 4.78 is 0. The van der Waals surface area contributed by atoms with Crippen molar-refractivity contribution < 1.29 is 4.79 Å². The highest BCUT2D eigenvalue weighted by Crippen LogP contribution is 2.49. The molecular formula is C19H25N3O. The lowest BCUT2D eigenvalue weighted by atomic mass is 9.64. The van der Waals surface area contributed by atoms with Gasteiger partial charge in [0.2, 0.25) is 5.91 Å². The van der Waals surface area contributed by atoms with Crippen molar-refractivity contribution in [1.29, 1.82) is 0 Å². The zero-order valence-electron chi connectivity index (χ0n) is 13.9.